The van der Waals surface area contributed by atoms with Crippen LogP contribution < -0.4 is 9.46 Å². The van der Waals surface area contributed by atoms with Crippen molar-refractivity contribution < 1.29 is 18.1 Å². The molecule has 1 aromatic heterocycles. The van der Waals surface area contributed by atoms with Gasteiger partial charge in [0.25, 0.3) is 0 Å². The summed E-state index contributed by atoms with van der Waals surface area (Å²) in [5.41, 5.74) is 0.267. The number of pyridine rings is 1. The molecule has 8 nitrogen and oxygen atoms in total. The summed E-state index contributed by atoms with van der Waals surface area (Å²) >= 11 is 0. The van der Waals surface area contributed by atoms with Gasteiger partial charge in [-0.2, -0.15) is 0 Å². The van der Waals surface area contributed by atoms with E-state index >= 15 is 0 Å². The van der Waals surface area contributed by atoms with Crippen LogP contribution >= 0.6 is 0 Å². The van der Waals surface area contributed by atoms with Gasteiger partial charge in [0.05, 0.1) is 16.9 Å². The van der Waals surface area contributed by atoms with Crippen LogP contribution in [0.5, 0.6) is 5.75 Å². The van der Waals surface area contributed by atoms with Gasteiger partial charge in [0.2, 0.25) is 10.0 Å². The van der Waals surface area contributed by atoms with Gasteiger partial charge in [0.15, 0.2) is 5.75 Å². The molecule has 0 aliphatic heterocycles. The first-order chi connectivity index (χ1) is 10.8. The Morgan fingerprint density at radius 1 is 1.35 bits per heavy atom. The lowest BCUT2D eigenvalue weighted by atomic mass is 10.2. The highest BCUT2D eigenvalue weighted by atomic mass is 32.2. The number of hydrogen-bond donors (Lipinski definition) is 1. The molecule has 122 valence electrons. The fraction of sp³-hybridized carbons (Fsp3) is 0.214. The van der Waals surface area contributed by atoms with Crippen LogP contribution in [0.1, 0.15) is 18.5 Å². The van der Waals surface area contributed by atoms with Gasteiger partial charge in [-0.15, -0.1) is 0 Å². The van der Waals surface area contributed by atoms with Crippen LogP contribution in [0.2, 0.25) is 0 Å². The van der Waals surface area contributed by atoms with Crippen LogP contribution in [0.25, 0.3) is 0 Å². The number of benzene rings is 1. The molecule has 0 radical (unpaired) electrons. The standard InChI is InChI=1S/C14H15N3O5S/c1-10(11-4-3-7-15-9-11)16-23(20,21)12-5-6-14(22-2)13(8-12)17(18)19/h3-10,16H,1-2H3/t10-/m1/s1. The van der Waals surface area contributed by atoms with E-state index in [1.54, 1.807) is 31.5 Å². The first-order valence-electron chi connectivity index (χ1n) is 6.60. The molecule has 0 bridgehead atoms. The highest BCUT2D eigenvalue weighted by molar-refractivity contribution is 7.89. The van der Waals surface area contributed by atoms with Gasteiger partial charge >= 0.3 is 5.69 Å². The van der Waals surface area contributed by atoms with E-state index in [-0.39, 0.29) is 10.6 Å². The first-order valence-corrected chi connectivity index (χ1v) is 8.08. The Kier molecular flexibility index (Phi) is 4.92. The number of nitro benzene ring substituents is 1. The molecular formula is C14H15N3O5S. The van der Waals surface area contributed by atoms with Crippen molar-refractivity contribution in [3.05, 3.63) is 58.4 Å². The summed E-state index contributed by atoms with van der Waals surface area (Å²) in [5, 5.41) is 11.0. The Hall–Kier alpha value is -2.52. The third-order valence-corrected chi connectivity index (χ3v) is 4.71. The average Bonchev–Trinajstić information content (AvgIpc) is 2.54. The molecule has 0 aliphatic rings. The van der Waals surface area contributed by atoms with Crippen LogP contribution in [0.3, 0.4) is 0 Å². The van der Waals surface area contributed by atoms with Crippen LogP contribution in [0.15, 0.2) is 47.6 Å². The number of rotatable bonds is 6. The van der Waals surface area contributed by atoms with E-state index in [0.29, 0.717) is 5.56 Å². The molecule has 0 unspecified atom stereocenters. The summed E-state index contributed by atoms with van der Waals surface area (Å²) in [4.78, 5) is 14.0. The van der Waals surface area contributed by atoms with Crippen molar-refractivity contribution in [3.63, 3.8) is 0 Å². The topological polar surface area (TPSA) is 111 Å². The fourth-order valence-electron chi connectivity index (χ4n) is 1.98. The van der Waals surface area contributed by atoms with E-state index in [1.165, 1.54) is 19.2 Å². The van der Waals surface area contributed by atoms with Crippen molar-refractivity contribution >= 4 is 15.7 Å². The minimum Gasteiger partial charge on any atom is -0.490 e. The maximum atomic E-state index is 12.4. The lowest BCUT2D eigenvalue weighted by molar-refractivity contribution is -0.386. The second kappa shape index (κ2) is 6.71. The van der Waals surface area contributed by atoms with Gasteiger partial charge in [0, 0.05) is 24.5 Å². The maximum Gasteiger partial charge on any atom is 0.312 e. The SMILES string of the molecule is COc1ccc(S(=O)(=O)N[C@H](C)c2cccnc2)cc1[N+](=O)[O-]. The van der Waals surface area contributed by atoms with Crippen molar-refractivity contribution in [2.75, 3.05) is 7.11 Å². The third-order valence-electron chi connectivity index (χ3n) is 3.17. The molecule has 0 amide bonds. The molecule has 1 atom stereocenters. The number of nitrogens with zero attached hydrogens (tertiary/aromatic N) is 2. The van der Waals surface area contributed by atoms with Crippen molar-refractivity contribution in [1.29, 1.82) is 0 Å². The Labute approximate surface area is 133 Å². The van der Waals surface area contributed by atoms with E-state index in [1.807, 2.05) is 0 Å². The van der Waals surface area contributed by atoms with Gasteiger partial charge in [-0.25, -0.2) is 13.1 Å². The van der Waals surface area contributed by atoms with Gasteiger partial charge in [-0.3, -0.25) is 15.1 Å². The van der Waals surface area contributed by atoms with Crippen molar-refractivity contribution in [1.82, 2.24) is 9.71 Å². The quantitative estimate of drug-likeness (QED) is 0.638. The van der Waals surface area contributed by atoms with Crippen molar-refractivity contribution in [2.45, 2.75) is 17.9 Å². The Balaban J connectivity index is 2.33. The van der Waals surface area contributed by atoms with Gasteiger partial charge in [-0.1, -0.05) is 6.07 Å². The fourth-order valence-corrected chi connectivity index (χ4v) is 3.23. The monoisotopic (exact) mass is 337 g/mol. The van der Waals surface area contributed by atoms with Crippen molar-refractivity contribution in [2.24, 2.45) is 0 Å². The molecule has 0 aliphatic carbocycles. The van der Waals surface area contributed by atoms with Crippen LogP contribution in [0.4, 0.5) is 5.69 Å². The molecule has 0 spiro atoms. The van der Waals surface area contributed by atoms with E-state index in [0.717, 1.165) is 6.07 Å². The van der Waals surface area contributed by atoms with E-state index < -0.39 is 26.7 Å². The minimum atomic E-state index is -3.93. The Morgan fingerprint density at radius 2 is 2.09 bits per heavy atom. The predicted molar refractivity (Wildman–Crippen MR) is 82.6 cm³/mol. The second-order valence-corrected chi connectivity index (χ2v) is 6.43. The normalized spacial score (nSPS) is 12.6. The van der Waals surface area contributed by atoms with E-state index in [9.17, 15) is 18.5 Å². The van der Waals surface area contributed by atoms with E-state index in [4.69, 9.17) is 4.74 Å². The number of sulfonamides is 1. The number of ether oxygens (including phenoxy) is 1. The number of methoxy groups -OCH3 is 1. The minimum absolute atomic E-state index is 0.00532. The number of nitrogens with one attached hydrogen (secondary N) is 1. The molecule has 1 N–H and O–H groups in total. The van der Waals surface area contributed by atoms with Gasteiger partial charge < -0.3 is 4.74 Å². The molecule has 9 heteroatoms. The van der Waals surface area contributed by atoms with Crippen LogP contribution in [-0.4, -0.2) is 25.4 Å². The van der Waals surface area contributed by atoms with E-state index in [2.05, 4.69) is 9.71 Å². The molecule has 2 rings (SSSR count). The summed E-state index contributed by atoms with van der Waals surface area (Å²) in [7, 11) is -2.65. The van der Waals surface area contributed by atoms with Crippen molar-refractivity contribution in [3.8, 4) is 5.75 Å². The summed E-state index contributed by atoms with van der Waals surface area (Å²) in [6.07, 6.45) is 3.13. The summed E-state index contributed by atoms with van der Waals surface area (Å²) in [6, 6.07) is 6.37. The zero-order valence-corrected chi connectivity index (χ0v) is 13.3. The lowest BCUT2D eigenvalue weighted by Gasteiger charge is -2.14. The number of nitro groups is 1. The third kappa shape index (κ3) is 3.82. The molecule has 0 fully saturated rings. The Morgan fingerprint density at radius 3 is 2.65 bits per heavy atom. The average molecular weight is 337 g/mol. The van der Waals surface area contributed by atoms with Gasteiger partial charge in [-0.05, 0) is 30.7 Å². The predicted octanol–water partition coefficient (Wildman–Crippen LogP) is 2.04. The summed E-state index contributed by atoms with van der Waals surface area (Å²) in [5.74, 6) is -0.00532. The number of aromatic nitrogens is 1. The molecular weight excluding hydrogens is 322 g/mol. The zero-order valence-electron chi connectivity index (χ0n) is 12.5. The zero-order chi connectivity index (χ0) is 17.0. The first kappa shape index (κ1) is 16.8. The van der Waals surface area contributed by atoms with Gasteiger partial charge in [0.1, 0.15) is 0 Å². The van der Waals surface area contributed by atoms with Crippen LogP contribution in [0, 0.1) is 10.1 Å². The lowest BCUT2D eigenvalue weighted by Crippen LogP contribution is -2.27. The largest absolute Gasteiger partial charge is 0.490 e. The second-order valence-electron chi connectivity index (χ2n) is 4.72. The maximum absolute atomic E-state index is 12.4. The highest BCUT2D eigenvalue weighted by Gasteiger charge is 2.23. The highest BCUT2D eigenvalue weighted by Crippen LogP contribution is 2.29. The Bertz CT molecular complexity index is 808. The summed E-state index contributed by atoms with van der Waals surface area (Å²) < 4.78 is 32.1. The molecule has 0 saturated carbocycles. The molecule has 23 heavy (non-hydrogen) atoms. The summed E-state index contributed by atoms with van der Waals surface area (Å²) in [6.45, 7) is 1.66. The molecule has 0 saturated heterocycles. The molecule has 1 heterocycles. The van der Waals surface area contributed by atoms with Crippen LogP contribution in [-0.2, 0) is 10.0 Å². The molecule has 1 aromatic carbocycles. The number of hydrogen-bond acceptors (Lipinski definition) is 6. The smallest absolute Gasteiger partial charge is 0.312 e. The molecule has 2 aromatic rings.